The molecule has 0 spiro atoms. The fourth-order valence-corrected chi connectivity index (χ4v) is 5.99. The van der Waals surface area contributed by atoms with Gasteiger partial charge in [0, 0.05) is 39.8 Å². The van der Waals surface area contributed by atoms with Crippen LogP contribution in [0.25, 0.3) is 11.5 Å². The van der Waals surface area contributed by atoms with E-state index in [0.29, 0.717) is 35.1 Å². The van der Waals surface area contributed by atoms with Crippen LogP contribution >= 0.6 is 23.4 Å². The molecule has 0 amide bonds. The highest BCUT2D eigenvalue weighted by Gasteiger charge is 2.41. The molecule has 1 aromatic carbocycles. The van der Waals surface area contributed by atoms with Crippen molar-refractivity contribution in [3.63, 3.8) is 0 Å². The summed E-state index contributed by atoms with van der Waals surface area (Å²) >= 11 is 8.29. The zero-order valence-corrected chi connectivity index (χ0v) is 18.3. The summed E-state index contributed by atoms with van der Waals surface area (Å²) < 4.78 is 19.6. The van der Waals surface area contributed by atoms with E-state index in [0.717, 1.165) is 21.7 Å². The zero-order chi connectivity index (χ0) is 21.8. The molecule has 3 aromatic rings. The van der Waals surface area contributed by atoms with Gasteiger partial charge < -0.3 is 10.2 Å². The summed E-state index contributed by atoms with van der Waals surface area (Å²) in [4.78, 5) is 14.5. The molecule has 2 aromatic heterocycles. The topological polar surface area (TPSA) is 103 Å². The Morgan fingerprint density at radius 2 is 2.16 bits per heavy atom. The molecular formula is C21H18ClFN6OS. The number of benzene rings is 1. The number of aromatic nitrogens is 4. The number of hydrogen-bond donors (Lipinski definition) is 1. The van der Waals surface area contributed by atoms with Crippen LogP contribution in [0.2, 0.25) is 0 Å². The number of rotatable bonds is 3. The lowest BCUT2D eigenvalue weighted by Crippen LogP contribution is -2.37. The van der Waals surface area contributed by atoms with E-state index in [1.807, 2.05) is 19.9 Å². The third-order valence-corrected chi connectivity index (χ3v) is 7.50. The normalized spacial score (nSPS) is 23.1. The zero-order valence-electron chi connectivity index (χ0n) is 16.8. The maximum absolute atomic E-state index is 14.4. The summed E-state index contributed by atoms with van der Waals surface area (Å²) in [5.74, 6) is 0.977. The van der Waals surface area contributed by atoms with Crippen molar-refractivity contribution in [2.45, 2.75) is 37.5 Å². The van der Waals surface area contributed by atoms with Crippen LogP contribution in [0.1, 0.15) is 41.2 Å². The van der Waals surface area contributed by atoms with E-state index in [9.17, 15) is 4.39 Å². The molecule has 0 saturated carbocycles. The number of nitrogens with zero attached hydrogens (tertiary/aromatic N) is 5. The average Bonchev–Trinajstić information content (AvgIpc) is 3.37. The second-order valence-corrected chi connectivity index (χ2v) is 9.46. The standard InChI is InChI=1S/C21H18ClFN6OS/c1-10-25-8-14-16(27-10)7-21(2,28-19(14)24)18-15(22)6-17(31-18)11-3-12(5-13(23)4-11)20-29-26-9-30-20/h3-5,8-9,17H,6-7H2,1-2H3,(H2,24,28)/t17?,21-/m0/s1. The minimum atomic E-state index is -0.642. The number of aryl methyl sites for hydroxylation is 1. The molecule has 1 unspecified atom stereocenters. The Labute approximate surface area is 187 Å². The van der Waals surface area contributed by atoms with Gasteiger partial charge in [-0.2, -0.15) is 0 Å². The summed E-state index contributed by atoms with van der Waals surface area (Å²) in [6.45, 7) is 3.85. The van der Waals surface area contributed by atoms with Crippen molar-refractivity contribution < 1.29 is 8.81 Å². The lowest BCUT2D eigenvalue weighted by molar-refractivity contribution is 0.553. The van der Waals surface area contributed by atoms with Crippen molar-refractivity contribution in [1.29, 1.82) is 0 Å². The monoisotopic (exact) mass is 456 g/mol. The van der Waals surface area contributed by atoms with Crippen LogP contribution in [0, 0.1) is 12.7 Å². The van der Waals surface area contributed by atoms with Gasteiger partial charge in [0.05, 0.1) is 16.8 Å². The summed E-state index contributed by atoms with van der Waals surface area (Å²) in [7, 11) is 0. The van der Waals surface area contributed by atoms with Crippen molar-refractivity contribution in [2.75, 3.05) is 0 Å². The van der Waals surface area contributed by atoms with Crippen LogP contribution in [0.3, 0.4) is 0 Å². The van der Waals surface area contributed by atoms with Crippen molar-refractivity contribution in [1.82, 2.24) is 20.2 Å². The van der Waals surface area contributed by atoms with E-state index in [2.05, 4.69) is 20.2 Å². The molecule has 2 N–H and O–H groups in total. The lowest BCUT2D eigenvalue weighted by atomic mass is 9.89. The molecular weight excluding hydrogens is 439 g/mol. The lowest BCUT2D eigenvalue weighted by Gasteiger charge is -2.32. The number of hydrogen-bond acceptors (Lipinski definition) is 8. The average molecular weight is 457 g/mol. The summed E-state index contributed by atoms with van der Waals surface area (Å²) in [5.41, 5.74) is 8.54. The Morgan fingerprint density at radius 3 is 2.94 bits per heavy atom. The number of fused-ring (bicyclic) bond motifs is 1. The highest BCUT2D eigenvalue weighted by Crippen LogP contribution is 2.55. The van der Waals surface area contributed by atoms with Gasteiger partial charge in [-0.3, -0.25) is 4.99 Å². The van der Waals surface area contributed by atoms with Crippen LogP contribution in [-0.4, -0.2) is 31.5 Å². The molecule has 0 radical (unpaired) electrons. The Hall–Kier alpha value is -2.78. The van der Waals surface area contributed by atoms with Crippen molar-refractivity contribution in [3.05, 3.63) is 69.2 Å². The second kappa shape index (κ2) is 7.42. The van der Waals surface area contributed by atoms with Gasteiger partial charge in [-0.1, -0.05) is 11.6 Å². The van der Waals surface area contributed by atoms with Gasteiger partial charge in [-0.25, -0.2) is 14.4 Å². The molecule has 0 aliphatic carbocycles. The number of allylic oxidation sites excluding steroid dienone is 1. The molecule has 0 fully saturated rings. The van der Waals surface area contributed by atoms with E-state index in [-0.39, 0.29) is 17.0 Å². The first-order valence-electron chi connectivity index (χ1n) is 9.63. The summed E-state index contributed by atoms with van der Waals surface area (Å²) in [6.07, 6.45) is 4.06. The summed E-state index contributed by atoms with van der Waals surface area (Å²) in [5, 5.41) is 8.18. The van der Waals surface area contributed by atoms with Gasteiger partial charge >= 0.3 is 0 Å². The van der Waals surface area contributed by atoms with Crippen molar-refractivity contribution in [2.24, 2.45) is 10.7 Å². The maximum Gasteiger partial charge on any atom is 0.247 e. The maximum atomic E-state index is 14.4. The number of nitrogens with two attached hydrogens (primary N) is 1. The predicted molar refractivity (Wildman–Crippen MR) is 117 cm³/mol. The third-order valence-electron chi connectivity index (χ3n) is 5.40. The predicted octanol–water partition coefficient (Wildman–Crippen LogP) is 4.32. The Bertz CT molecular complexity index is 1240. The van der Waals surface area contributed by atoms with Crippen molar-refractivity contribution in [3.8, 4) is 11.5 Å². The minimum Gasteiger partial charge on any atom is -0.423 e. The Morgan fingerprint density at radius 1 is 1.32 bits per heavy atom. The molecule has 31 heavy (non-hydrogen) atoms. The van der Waals surface area contributed by atoms with E-state index in [1.165, 1.54) is 18.5 Å². The van der Waals surface area contributed by atoms with Crippen LogP contribution in [0.5, 0.6) is 0 Å². The van der Waals surface area contributed by atoms with E-state index in [4.69, 9.17) is 26.7 Å². The van der Waals surface area contributed by atoms with Crippen LogP contribution in [0.4, 0.5) is 4.39 Å². The van der Waals surface area contributed by atoms with E-state index < -0.39 is 5.54 Å². The van der Waals surface area contributed by atoms with Crippen LogP contribution in [-0.2, 0) is 6.42 Å². The first-order valence-corrected chi connectivity index (χ1v) is 10.9. The quantitative estimate of drug-likeness (QED) is 0.625. The Kier molecular flexibility index (Phi) is 4.82. The second-order valence-electron chi connectivity index (χ2n) is 7.79. The van der Waals surface area contributed by atoms with Gasteiger partial charge in [0.25, 0.3) is 0 Å². The highest BCUT2D eigenvalue weighted by atomic mass is 35.5. The highest BCUT2D eigenvalue weighted by molar-refractivity contribution is 8.03. The molecule has 2 aliphatic rings. The number of aliphatic imine (C=N–C) groups is 1. The van der Waals surface area contributed by atoms with Gasteiger partial charge in [0.1, 0.15) is 17.5 Å². The number of amidine groups is 1. The number of thioether (sulfide) groups is 1. The van der Waals surface area contributed by atoms with E-state index in [1.54, 1.807) is 18.0 Å². The number of halogens is 2. The Balaban J connectivity index is 1.46. The fourth-order valence-electron chi connectivity index (χ4n) is 4.02. The molecule has 158 valence electrons. The van der Waals surface area contributed by atoms with Gasteiger partial charge in [0.15, 0.2) is 0 Å². The molecule has 2 atom stereocenters. The summed E-state index contributed by atoms with van der Waals surface area (Å²) in [6, 6.07) is 4.74. The minimum absolute atomic E-state index is 0.0679. The largest absolute Gasteiger partial charge is 0.423 e. The molecule has 0 saturated heterocycles. The van der Waals surface area contributed by atoms with Crippen LogP contribution < -0.4 is 5.73 Å². The molecule has 4 heterocycles. The van der Waals surface area contributed by atoms with E-state index >= 15 is 0 Å². The molecule has 2 aliphatic heterocycles. The van der Waals surface area contributed by atoms with Gasteiger partial charge in [-0.05, 0) is 37.6 Å². The van der Waals surface area contributed by atoms with Gasteiger partial charge in [-0.15, -0.1) is 22.0 Å². The molecule has 7 nitrogen and oxygen atoms in total. The molecule has 5 rings (SSSR count). The molecule has 10 heteroatoms. The van der Waals surface area contributed by atoms with Gasteiger partial charge in [0.2, 0.25) is 12.3 Å². The fraction of sp³-hybridized carbons (Fsp3) is 0.286. The third kappa shape index (κ3) is 3.61. The molecule has 0 bridgehead atoms. The van der Waals surface area contributed by atoms with Crippen LogP contribution in [0.15, 0.2) is 50.1 Å². The van der Waals surface area contributed by atoms with Crippen molar-refractivity contribution >= 4 is 29.2 Å². The smallest absolute Gasteiger partial charge is 0.247 e. The SMILES string of the molecule is Cc1ncc2c(n1)C[C@@](C)(C1=C(Cl)CC(c3cc(F)cc(-c4nnco4)c3)S1)N=C2N. The first kappa shape index (κ1) is 20.1. The first-order chi connectivity index (χ1) is 14.8.